The first-order chi connectivity index (χ1) is 17.5. The van der Waals surface area contributed by atoms with Crippen LogP contribution in [0.1, 0.15) is 5.56 Å². The van der Waals surface area contributed by atoms with Gasteiger partial charge in [0.2, 0.25) is 0 Å². The number of thiophene rings is 1. The third-order valence-electron chi connectivity index (χ3n) is 5.53. The van der Waals surface area contributed by atoms with Crippen LogP contribution >= 0.6 is 22.9 Å². The molecule has 0 unspecified atom stereocenters. The van der Waals surface area contributed by atoms with Crippen molar-refractivity contribution in [2.45, 2.75) is 0 Å². The van der Waals surface area contributed by atoms with Crippen LogP contribution in [-0.4, -0.2) is 47.5 Å². The van der Waals surface area contributed by atoms with Crippen LogP contribution in [-0.2, 0) is 4.74 Å². The Balaban J connectivity index is 1.42. The lowest BCUT2D eigenvalue weighted by Gasteiger charge is -2.27. The number of nitriles is 1. The fourth-order valence-corrected chi connectivity index (χ4v) is 5.30. The van der Waals surface area contributed by atoms with Gasteiger partial charge in [0.1, 0.15) is 23.2 Å². The van der Waals surface area contributed by atoms with E-state index >= 15 is 0 Å². The molecule has 2 amide bonds. The van der Waals surface area contributed by atoms with Crippen molar-refractivity contribution >= 4 is 45.3 Å². The molecule has 12 heteroatoms. The Labute approximate surface area is 214 Å². The monoisotopic (exact) mass is 523 g/mol. The second-order valence-electron chi connectivity index (χ2n) is 7.81. The van der Waals surface area contributed by atoms with E-state index in [1.54, 1.807) is 12.1 Å². The summed E-state index contributed by atoms with van der Waals surface area (Å²) in [5.74, 6) is -0.0601. The van der Waals surface area contributed by atoms with Gasteiger partial charge in [-0.1, -0.05) is 23.7 Å². The summed E-state index contributed by atoms with van der Waals surface area (Å²) in [6, 6.07) is 12.9. The van der Waals surface area contributed by atoms with Crippen LogP contribution < -0.4 is 15.5 Å². The standard InChI is InChI=1S/C24H19ClFN7O2S/c25-18-11-16(5-6-19(18)26)31-24(34)30-15-3-1-14(2-4-15)20-17(12-27)23(33-7-9-35-10-8-33)36-21(20)22-28-13-29-32-22/h1-6,11,13H,7-10H2,(H,28,29,32)(H2,30,31,34). The molecule has 4 aromatic rings. The number of carbonyl (C=O) groups is 1. The fourth-order valence-electron chi connectivity index (χ4n) is 3.85. The lowest BCUT2D eigenvalue weighted by atomic mass is 10.0. The molecule has 1 aliphatic rings. The Morgan fingerprint density at radius 1 is 1.17 bits per heavy atom. The molecular weight excluding hydrogens is 505 g/mol. The number of benzene rings is 2. The van der Waals surface area contributed by atoms with Crippen molar-refractivity contribution in [3.05, 3.63) is 65.2 Å². The summed E-state index contributed by atoms with van der Waals surface area (Å²) >= 11 is 7.24. The molecule has 0 atom stereocenters. The van der Waals surface area contributed by atoms with Crippen LogP contribution in [0.15, 0.2) is 48.8 Å². The molecule has 3 N–H and O–H groups in total. The molecule has 1 fully saturated rings. The lowest BCUT2D eigenvalue weighted by Crippen LogP contribution is -2.36. The van der Waals surface area contributed by atoms with Crippen molar-refractivity contribution in [3.8, 4) is 27.9 Å². The topological polar surface area (TPSA) is 119 Å². The molecule has 9 nitrogen and oxygen atoms in total. The number of amides is 2. The first-order valence-corrected chi connectivity index (χ1v) is 12.1. The number of halogens is 2. The molecule has 1 saturated heterocycles. The first-order valence-electron chi connectivity index (χ1n) is 10.9. The Morgan fingerprint density at radius 3 is 2.56 bits per heavy atom. The number of rotatable bonds is 5. The second kappa shape index (κ2) is 10.3. The number of H-pyrrole nitrogens is 1. The van der Waals surface area contributed by atoms with Crippen molar-refractivity contribution < 1.29 is 13.9 Å². The van der Waals surface area contributed by atoms with E-state index in [2.05, 4.69) is 36.8 Å². The van der Waals surface area contributed by atoms with E-state index in [9.17, 15) is 14.4 Å². The van der Waals surface area contributed by atoms with Crippen molar-refractivity contribution in [2.75, 3.05) is 41.8 Å². The second-order valence-corrected chi connectivity index (χ2v) is 9.21. The number of aromatic nitrogens is 3. The van der Waals surface area contributed by atoms with Gasteiger partial charge in [0.05, 0.1) is 28.7 Å². The fraction of sp³-hybridized carbons (Fsp3) is 0.167. The maximum Gasteiger partial charge on any atom is 0.323 e. The predicted molar refractivity (Wildman–Crippen MR) is 137 cm³/mol. The summed E-state index contributed by atoms with van der Waals surface area (Å²) in [5, 5.41) is 23.2. The molecule has 0 aliphatic carbocycles. The van der Waals surface area contributed by atoms with E-state index in [4.69, 9.17) is 16.3 Å². The minimum absolute atomic E-state index is 0.0835. The third-order valence-corrected chi connectivity index (χ3v) is 7.06. The molecular formula is C24H19ClFN7O2S. The molecule has 0 bridgehead atoms. The van der Waals surface area contributed by atoms with E-state index in [1.807, 2.05) is 12.1 Å². The van der Waals surface area contributed by atoms with Crippen LogP contribution in [0.25, 0.3) is 21.8 Å². The van der Waals surface area contributed by atoms with Gasteiger partial charge in [-0.2, -0.15) is 10.4 Å². The normalized spacial score (nSPS) is 13.3. The minimum atomic E-state index is -0.565. The molecule has 2 aromatic heterocycles. The van der Waals surface area contributed by atoms with Crippen molar-refractivity contribution in [3.63, 3.8) is 0 Å². The van der Waals surface area contributed by atoms with E-state index in [0.717, 1.165) is 21.0 Å². The van der Waals surface area contributed by atoms with Gasteiger partial charge in [0.25, 0.3) is 0 Å². The SMILES string of the molecule is N#Cc1c(N2CCOCC2)sc(-c2nc[nH]n2)c1-c1ccc(NC(=O)Nc2ccc(F)c(Cl)c2)cc1. The van der Waals surface area contributed by atoms with Gasteiger partial charge in [0.15, 0.2) is 5.82 Å². The third kappa shape index (κ3) is 4.87. The quantitative estimate of drug-likeness (QED) is 0.324. The van der Waals surface area contributed by atoms with Gasteiger partial charge in [-0.15, -0.1) is 11.3 Å². The Kier molecular flexibility index (Phi) is 6.81. The first kappa shape index (κ1) is 23.7. The van der Waals surface area contributed by atoms with Crippen molar-refractivity contribution in [1.82, 2.24) is 15.2 Å². The van der Waals surface area contributed by atoms with Crippen molar-refractivity contribution in [2.24, 2.45) is 0 Å². The summed E-state index contributed by atoms with van der Waals surface area (Å²) in [4.78, 5) is 19.6. The number of carbonyl (C=O) groups excluding carboxylic acids is 1. The minimum Gasteiger partial charge on any atom is -0.378 e. The van der Waals surface area contributed by atoms with Crippen LogP contribution in [0.5, 0.6) is 0 Å². The average molecular weight is 524 g/mol. The Morgan fingerprint density at radius 2 is 1.89 bits per heavy atom. The van der Waals surface area contributed by atoms with E-state index < -0.39 is 11.8 Å². The van der Waals surface area contributed by atoms with Gasteiger partial charge in [0, 0.05) is 30.0 Å². The van der Waals surface area contributed by atoms with Gasteiger partial charge >= 0.3 is 6.03 Å². The molecule has 0 saturated carbocycles. The number of ether oxygens (including phenoxy) is 1. The molecule has 0 spiro atoms. The zero-order chi connectivity index (χ0) is 25.1. The Bertz CT molecular complexity index is 1430. The highest BCUT2D eigenvalue weighted by Crippen LogP contribution is 2.46. The molecule has 5 rings (SSSR count). The van der Waals surface area contributed by atoms with E-state index in [0.29, 0.717) is 49.1 Å². The van der Waals surface area contributed by atoms with E-state index in [1.165, 1.54) is 35.9 Å². The molecule has 3 heterocycles. The van der Waals surface area contributed by atoms with Crippen molar-refractivity contribution in [1.29, 1.82) is 5.26 Å². The number of hydrogen-bond acceptors (Lipinski definition) is 7. The largest absolute Gasteiger partial charge is 0.378 e. The summed E-state index contributed by atoms with van der Waals surface area (Å²) in [6.07, 6.45) is 1.50. The van der Waals surface area contributed by atoms with E-state index in [-0.39, 0.29) is 5.02 Å². The van der Waals surface area contributed by atoms with Gasteiger partial charge < -0.3 is 20.3 Å². The molecule has 2 aromatic carbocycles. The summed E-state index contributed by atoms with van der Waals surface area (Å²) in [7, 11) is 0. The highest BCUT2D eigenvalue weighted by molar-refractivity contribution is 7.20. The lowest BCUT2D eigenvalue weighted by molar-refractivity contribution is 0.123. The van der Waals surface area contributed by atoms with Crippen LogP contribution in [0, 0.1) is 17.1 Å². The number of anilines is 3. The number of aromatic amines is 1. The number of urea groups is 1. The number of morpholine rings is 1. The zero-order valence-electron chi connectivity index (χ0n) is 18.7. The summed E-state index contributed by atoms with van der Waals surface area (Å²) < 4.78 is 18.8. The maximum absolute atomic E-state index is 13.3. The highest BCUT2D eigenvalue weighted by Gasteiger charge is 2.26. The zero-order valence-corrected chi connectivity index (χ0v) is 20.3. The molecule has 1 aliphatic heterocycles. The number of hydrogen-bond donors (Lipinski definition) is 3. The summed E-state index contributed by atoms with van der Waals surface area (Å²) in [6.45, 7) is 2.58. The van der Waals surface area contributed by atoms with Gasteiger partial charge in [-0.3, -0.25) is 5.10 Å². The highest BCUT2D eigenvalue weighted by atomic mass is 35.5. The van der Waals surface area contributed by atoms with Crippen LogP contribution in [0.3, 0.4) is 0 Å². The molecule has 0 radical (unpaired) electrons. The van der Waals surface area contributed by atoms with Crippen LogP contribution in [0.2, 0.25) is 5.02 Å². The average Bonchev–Trinajstić information content (AvgIpc) is 3.55. The number of nitrogens with one attached hydrogen (secondary N) is 3. The summed E-state index contributed by atoms with van der Waals surface area (Å²) in [5.41, 5.74) is 2.97. The van der Waals surface area contributed by atoms with Crippen LogP contribution in [0.4, 0.5) is 25.6 Å². The van der Waals surface area contributed by atoms with Gasteiger partial charge in [-0.25, -0.2) is 14.2 Å². The van der Waals surface area contributed by atoms with Gasteiger partial charge in [-0.05, 0) is 35.9 Å². The molecule has 182 valence electrons. The molecule has 36 heavy (non-hydrogen) atoms. The predicted octanol–water partition coefficient (Wildman–Crippen LogP) is 5.34. The maximum atomic E-state index is 13.3. The Hall–Kier alpha value is -3.98. The smallest absolute Gasteiger partial charge is 0.323 e. The number of nitrogens with zero attached hydrogens (tertiary/aromatic N) is 4.